The van der Waals surface area contributed by atoms with Crippen molar-refractivity contribution in [1.82, 2.24) is 14.7 Å². The highest BCUT2D eigenvalue weighted by Crippen LogP contribution is 2.18. The van der Waals surface area contributed by atoms with Crippen molar-refractivity contribution in [2.75, 3.05) is 46.3 Å². The van der Waals surface area contributed by atoms with E-state index in [1.807, 2.05) is 0 Å². The average Bonchev–Trinajstić information content (AvgIpc) is 2.51. The summed E-state index contributed by atoms with van der Waals surface area (Å²) in [5.41, 5.74) is 2.80. The summed E-state index contributed by atoms with van der Waals surface area (Å²) < 4.78 is 0. The highest BCUT2D eigenvalue weighted by Gasteiger charge is 2.26. The van der Waals surface area contributed by atoms with Crippen LogP contribution in [0.3, 0.4) is 0 Å². The van der Waals surface area contributed by atoms with Crippen LogP contribution in [0, 0.1) is 6.92 Å². The molecule has 3 rings (SSSR count). The minimum Gasteiger partial charge on any atom is -0.306 e. The van der Waals surface area contributed by atoms with Crippen molar-refractivity contribution in [3.05, 3.63) is 35.4 Å². The molecule has 116 valence electrons. The highest BCUT2D eigenvalue weighted by molar-refractivity contribution is 5.21. The van der Waals surface area contributed by atoms with E-state index >= 15 is 0 Å². The van der Waals surface area contributed by atoms with E-state index in [-0.39, 0.29) is 0 Å². The van der Waals surface area contributed by atoms with Crippen LogP contribution in [-0.2, 0) is 6.54 Å². The number of rotatable bonds is 3. The Morgan fingerprint density at radius 2 is 1.52 bits per heavy atom. The van der Waals surface area contributed by atoms with Crippen molar-refractivity contribution >= 4 is 0 Å². The molecule has 0 aromatic heterocycles. The lowest BCUT2D eigenvalue weighted by Crippen LogP contribution is -2.52. The molecule has 2 aliphatic heterocycles. The Morgan fingerprint density at radius 3 is 2.14 bits per heavy atom. The predicted molar refractivity (Wildman–Crippen MR) is 88.5 cm³/mol. The van der Waals surface area contributed by atoms with Crippen LogP contribution in [0.25, 0.3) is 0 Å². The number of aryl methyl sites for hydroxylation is 1. The minimum absolute atomic E-state index is 0.836. The van der Waals surface area contributed by atoms with Gasteiger partial charge in [0.25, 0.3) is 0 Å². The Kier molecular flexibility index (Phi) is 4.94. The van der Waals surface area contributed by atoms with Crippen molar-refractivity contribution < 1.29 is 0 Å². The van der Waals surface area contributed by atoms with Crippen molar-refractivity contribution in [2.24, 2.45) is 0 Å². The third-order valence-corrected chi connectivity index (χ3v) is 5.14. The van der Waals surface area contributed by atoms with E-state index in [1.54, 1.807) is 0 Å². The molecule has 0 spiro atoms. The maximum absolute atomic E-state index is 2.73. The van der Waals surface area contributed by atoms with E-state index < -0.39 is 0 Å². The fourth-order valence-electron chi connectivity index (χ4n) is 3.60. The van der Waals surface area contributed by atoms with E-state index in [0.29, 0.717) is 0 Å². The summed E-state index contributed by atoms with van der Waals surface area (Å²) in [6, 6.07) is 9.84. The second-order valence-corrected chi connectivity index (χ2v) is 6.83. The van der Waals surface area contributed by atoms with Gasteiger partial charge in [0.1, 0.15) is 0 Å². The monoisotopic (exact) mass is 287 g/mol. The van der Waals surface area contributed by atoms with Gasteiger partial charge in [-0.25, -0.2) is 0 Å². The summed E-state index contributed by atoms with van der Waals surface area (Å²) in [5, 5.41) is 0. The molecule has 3 heteroatoms. The zero-order chi connectivity index (χ0) is 14.7. The second-order valence-electron chi connectivity index (χ2n) is 6.83. The van der Waals surface area contributed by atoms with Crippen LogP contribution in [0.15, 0.2) is 24.3 Å². The summed E-state index contributed by atoms with van der Waals surface area (Å²) in [7, 11) is 2.25. The lowest BCUT2D eigenvalue weighted by molar-refractivity contribution is 0.0618. The van der Waals surface area contributed by atoms with Gasteiger partial charge in [-0.05, 0) is 45.5 Å². The predicted octanol–water partition coefficient (Wildman–Crippen LogP) is 2.21. The number of likely N-dealkylation sites (tertiary alicyclic amines) is 1. The van der Waals surface area contributed by atoms with E-state index in [4.69, 9.17) is 0 Å². The quantitative estimate of drug-likeness (QED) is 0.844. The lowest BCUT2D eigenvalue weighted by Gasteiger charge is -2.42. The number of hydrogen-bond acceptors (Lipinski definition) is 3. The van der Waals surface area contributed by atoms with Crippen molar-refractivity contribution in [2.45, 2.75) is 32.4 Å². The maximum Gasteiger partial charge on any atom is 0.0234 e. The normalized spacial score (nSPS) is 23.5. The molecule has 0 saturated carbocycles. The molecular weight excluding hydrogens is 258 g/mol. The van der Waals surface area contributed by atoms with Crippen molar-refractivity contribution in [1.29, 1.82) is 0 Å². The van der Waals surface area contributed by atoms with Gasteiger partial charge in [0, 0.05) is 38.8 Å². The fourth-order valence-corrected chi connectivity index (χ4v) is 3.60. The smallest absolute Gasteiger partial charge is 0.0234 e. The zero-order valence-electron chi connectivity index (χ0n) is 13.6. The van der Waals surface area contributed by atoms with Gasteiger partial charge >= 0.3 is 0 Å². The summed E-state index contributed by atoms with van der Waals surface area (Å²) >= 11 is 0. The van der Waals surface area contributed by atoms with Gasteiger partial charge in [-0.1, -0.05) is 29.8 Å². The number of benzene rings is 1. The van der Waals surface area contributed by atoms with E-state index in [1.165, 1.54) is 63.2 Å². The molecule has 0 unspecified atom stereocenters. The molecule has 21 heavy (non-hydrogen) atoms. The second kappa shape index (κ2) is 6.91. The first-order valence-electron chi connectivity index (χ1n) is 8.41. The van der Waals surface area contributed by atoms with Crippen LogP contribution in [0.4, 0.5) is 0 Å². The molecule has 0 bridgehead atoms. The largest absolute Gasteiger partial charge is 0.306 e. The molecule has 0 atom stereocenters. The first kappa shape index (κ1) is 15.0. The first-order valence-corrected chi connectivity index (χ1v) is 8.41. The topological polar surface area (TPSA) is 9.72 Å². The minimum atomic E-state index is 0.836. The number of piperazine rings is 1. The van der Waals surface area contributed by atoms with Gasteiger partial charge in [0.05, 0.1) is 0 Å². The van der Waals surface area contributed by atoms with Crippen LogP contribution >= 0.6 is 0 Å². The third kappa shape index (κ3) is 4.06. The molecule has 2 fully saturated rings. The molecule has 0 aliphatic carbocycles. The number of hydrogen-bond donors (Lipinski definition) is 0. The Hall–Kier alpha value is -0.900. The highest BCUT2D eigenvalue weighted by atomic mass is 15.3. The van der Waals surface area contributed by atoms with Crippen LogP contribution in [-0.4, -0.2) is 67.1 Å². The standard InChI is InChI=1S/C18H29N3/c1-16-3-5-17(6-4-16)15-20-11-13-21(14-12-20)18-7-9-19(2)10-8-18/h3-6,18H,7-15H2,1-2H3. The van der Waals surface area contributed by atoms with E-state index in [9.17, 15) is 0 Å². The number of piperidine rings is 1. The average molecular weight is 287 g/mol. The van der Waals surface area contributed by atoms with Gasteiger partial charge < -0.3 is 4.90 Å². The Balaban J connectivity index is 1.45. The van der Waals surface area contributed by atoms with E-state index in [0.717, 1.165) is 12.6 Å². The van der Waals surface area contributed by atoms with Gasteiger partial charge in [-0.3, -0.25) is 9.80 Å². The van der Waals surface area contributed by atoms with Crippen LogP contribution < -0.4 is 0 Å². The Morgan fingerprint density at radius 1 is 0.905 bits per heavy atom. The molecule has 2 heterocycles. The lowest BCUT2D eigenvalue weighted by atomic mass is 10.0. The SMILES string of the molecule is Cc1ccc(CN2CCN(C3CCN(C)CC3)CC2)cc1. The molecule has 3 nitrogen and oxygen atoms in total. The van der Waals surface area contributed by atoms with Gasteiger partial charge in [0.15, 0.2) is 0 Å². The van der Waals surface area contributed by atoms with Crippen LogP contribution in [0.2, 0.25) is 0 Å². The molecule has 1 aromatic rings. The number of nitrogens with zero attached hydrogens (tertiary/aromatic N) is 3. The van der Waals surface area contributed by atoms with Crippen LogP contribution in [0.5, 0.6) is 0 Å². The van der Waals surface area contributed by atoms with Crippen LogP contribution in [0.1, 0.15) is 24.0 Å². The van der Waals surface area contributed by atoms with Crippen molar-refractivity contribution in [3.8, 4) is 0 Å². The molecule has 0 N–H and O–H groups in total. The molecule has 2 aliphatic rings. The summed E-state index contributed by atoms with van der Waals surface area (Å²) in [5.74, 6) is 0. The molecule has 0 radical (unpaired) electrons. The fraction of sp³-hybridized carbons (Fsp3) is 0.667. The molecule has 2 saturated heterocycles. The molecule has 1 aromatic carbocycles. The molecular formula is C18H29N3. The summed E-state index contributed by atoms with van der Waals surface area (Å²) in [4.78, 5) is 7.80. The Bertz CT molecular complexity index is 426. The first-order chi connectivity index (χ1) is 10.2. The summed E-state index contributed by atoms with van der Waals surface area (Å²) in [6.45, 7) is 10.8. The van der Waals surface area contributed by atoms with Gasteiger partial charge in [0.2, 0.25) is 0 Å². The zero-order valence-corrected chi connectivity index (χ0v) is 13.6. The van der Waals surface area contributed by atoms with Crippen molar-refractivity contribution in [3.63, 3.8) is 0 Å². The summed E-state index contributed by atoms with van der Waals surface area (Å²) in [6.07, 6.45) is 2.71. The van der Waals surface area contributed by atoms with Gasteiger partial charge in [-0.2, -0.15) is 0 Å². The Labute approximate surface area is 129 Å². The maximum atomic E-state index is 2.73. The third-order valence-electron chi connectivity index (χ3n) is 5.14. The van der Waals surface area contributed by atoms with Gasteiger partial charge in [-0.15, -0.1) is 0 Å². The molecule has 0 amide bonds. The van der Waals surface area contributed by atoms with E-state index in [2.05, 4.69) is 52.9 Å².